The maximum absolute atomic E-state index is 13.5. The van der Waals surface area contributed by atoms with E-state index >= 15 is 0 Å². The van der Waals surface area contributed by atoms with Crippen molar-refractivity contribution in [3.63, 3.8) is 0 Å². The summed E-state index contributed by atoms with van der Waals surface area (Å²) in [6.45, 7) is 4.28. The van der Waals surface area contributed by atoms with E-state index in [0.717, 1.165) is 19.3 Å². The second-order valence-corrected chi connectivity index (χ2v) is 13.1. The van der Waals surface area contributed by atoms with Gasteiger partial charge in [0, 0.05) is 60.6 Å². The molecule has 0 amide bonds. The van der Waals surface area contributed by atoms with E-state index in [0.29, 0.717) is 0 Å². The lowest BCUT2D eigenvalue weighted by atomic mass is 9.72. The third-order valence-corrected chi connectivity index (χ3v) is 9.20. The number of Topliss-reactive ketones (excluding diaryl/α,β-unsaturated/α-hetero) is 1. The minimum atomic E-state index is -3.79. The Balaban J connectivity index is 1.42. The number of rotatable bonds is 6. The molecule has 0 radical (unpaired) electrons. The Hall–Kier alpha value is -3.20. The summed E-state index contributed by atoms with van der Waals surface area (Å²) in [4.78, 5) is 41.6. The normalized spacial score (nSPS) is 30.8. The SMILES string of the molecule is CC(=O)[C@]1(O)Cc2c(O)c3c(c(O)c2[C@@H](OC2CC(N4CC4)C(OS(C)(=O)=O)C(C)O2)C1)C(=O)c1ccccc1C3=O. The number of benzene rings is 2. The average molecular weight is 602 g/mol. The van der Waals surface area contributed by atoms with Crippen molar-refractivity contribution in [1.82, 2.24) is 4.90 Å². The third-order valence-electron chi connectivity index (χ3n) is 8.62. The molecule has 0 saturated carbocycles. The molecule has 2 aliphatic heterocycles. The van der Waals surface area contributed by atoms with Crippen LogP contribution in [0.5, 0.6) is 11.5 Å². The summed E-state index contributed by atoms with van der Waals surface area (Å²) >= 11 is 0. The molecule has 6 atom stereocenters. The minimum Gasteiger partial charge on any atom is -0.507 e. The molecule has 6 rings (SSSR count). The van der Waals surface area contributed by atoms with Crippen LogP contribution in [0.4, 0.5) is 0 Å². The van der Waals surface area contributed by atoms with Crippen molar-refractivity contribution in [2.24, 2.45) is 0 Å². The van der Waals surface area contributed by atoms with Crippen LogP contribution in [0.15, 0.2) is 24.3 Å². The Labute approximate surface area is 241 Å². The van der Waals surface area contributed by atoms with Gasteiger partial charge in [-0.05, 0) is 13.8 Å². The Morgan fingerprint density at radius 1 is 1.07 bits per heavy atom. The van der Waals surface area contributed by atoms with E-state index in [2.05, 4.69) is 0 Å². The Morgan fingerprint density at radius 2 is 1.67 bits per heavy atom. The molecule has 0 bridgehead atoms. The number of carbonyl (C=O) groups excluding carboxylic acids is 3. The number of ketones is 3. The summed E-state index contributed by atoms with van der Waals surface area (Å²) in [7, 11) is -3.79. The fourth-order valence-electron chi connectivity index (χ4n) is 6.44. The first-order valence-electron chi connectivity index (χ1n) is 13.7. The molecule has 2 saturated heterocycles. The third kappa shape index (κ3) is 4.74. The Morgan fingerprint density at radius 3 is 2.21 bits per heavy atom. The summed E-state index contributed by atoms with van der Waals surface area (Å²) in [5.74, 6) is -3.14. The second kappa shape index (κ2) is 9.93. The molecular formula is C29H31NO11S. The molecule has 0 aromatic heterocycles. The highest BCUT2D eigenvalue weighted by atomic mass is 32.2. The van der Waals surface area contributed by atoms with Crippen LogP contribution in [0.1, 0.15) is 75.8 Å². The quantitative estimate of drug-likeness (QED) is 0.210. The van der Waals surface area contributed by atoms with Crippen molar-refractivity contribution in [2.45, 2.75) is 69.4 Å². The Bertz CT molecular complexity index is 1630. The number of hydrogen-bond acceptors (Lipinski definition) is 12. The fraction of sp³-hybridized carbons (Fsp3) is 0.483. The van der Waals surface area contributed by atoms with Gasteiger partial charge in [0.15, 0.2) is 23.6 Å². The molecule has 2 aliphatic carbocycles. The number of carbonyl (C=O) groups is 3. The van der Waals surface area contributed by atoms with Crippen molar-refractivity contribution in [3.8, 4) is 11.5 Å². The number of ether oxygens (including phenoxy) is 2. The molecule has 12 nitrogen and oxygen atoms in total. The van der Waals surface area contributed by atoms with Crippen LogP contribution < -0.4 is 0 Å². The summed E-state index contributed by atoms with van der Waals surface area (Å²) in [6, 6.07) is 5.67. The van der Waals surface area contributed by atoms with Crippen LogP contribution in [0.3, 0.4) is 0 Å². The molecule has 2 fully saturated rings. The lowest BCUT2D eigenvalue weighted by Gasteiger charge is -2.43. The molecule has 13 heteroatoms. The number of nitrogens with zero attached hydrogens (tertiary/aromatic N) is 1. The highest BCUT2D eigenvalue weighted by Crippen LogP contribution is 2.52. The number of hydrogen-bond donors (Lipinski definition) is 3. The summed E-state index contributed by atoms with van der Waals surface area (Å²) < 4.78 is 41.5. The molecule has 42 heavy (non-hydrogen) atoms. The van der Waals surface area contributed by atoms with Gasteiger partial charge in [-0.3, -0.25) is 23.5 Å². The standard InChI is InChI=1S/C29H31NO11S/c1-13-28(41-42(3,37)38)18(30-8-9-30)10-20(39-13)40-19-12-29(36,14(2)31)11-17-21(19)27(35)23-22(26(17)34)24(32)15-6-4-5-7-16(15)25(23)33/h4-7,13,18-20,28,34-36H,8-12H2,1-3H3/t13?,18?,19-,20?,28?,29-/m0/s1. The van der Waals surface area contributed by atoms with Gasteiger partial charge in [0.2, 0.25) is 0 Å². The number of phenols is 2. The Kier molecular flexibility index (Phi) is 6.83. The van der Waals surface area contributed by atoms with Gasteiger partial charge in [0.05, 0.1) is 29.6 Å². The highest BCUT2D eigenvalue weighted by molar-refractivity contribution is 7.86. The predicted molar refractivity (Wildman–Crippen MR) is 145 cm³/mol. The second-order valence-electron chi connectivity index (χ2n) is 11.5. The lowest BCUT2D eigenvalue weighted by molar-refractivity contribution is -0.250. The minimum absolute atomic E-state index is 0.0215. The summed E-state index contributed by atoms with van der Waals surface area (Å²) in [5, 5.41) is 34.3. The molecule has 0 spiro atoms. The van der Waals surface area contributed by atoms with Gasteiger partial charge < -0.3 is 24.8 Å². The van der Waals surface area contributed by atoms with Crippen molar-refractivity contribution < 1.29 is 51.8 Å². The zero-order valence-electron chi connectivity index (χ0n) is 23.2. The van der Waals surface area contributed by atoms with Gasteiger partial charge in [-0.2, -0.15) is 8.42 Å². The fourth-order valence-corrected chi connectivity index (χ4v) is 7.13. The first-order valence-corrected chi connectivity index (χ1v) is 15.5. The molecule has 2 heterocycles. The highest BCUT2D eigenvalue weighted by Gasteiger charge is 2.50. The van der Waals surface area contributed by atoms with Gasteiger partial charge in [0.1, 0.15) is 23.2 Å². The molecule has 224 valence electrons. The van der Waals surface area contributed by atoms with E-state index < -0.39 is 81.2 Å². The van der Waals surface area contributed by atoms with Gasteiger partial charge in [0.25, 0.3) is 10.1 Å². The first-order chi connectivity index (χ1) is 19.7. The monoisotopic (exact) mass is 601 g/mol. The topological polar surface area (TPSA) is 177 Å². The largest absolute Gasteiger partial charge is 0.507 e. The van der Waals surface area contributed by atoms with Gasteiger partial charge >= 0.3 is 0 Å². The van der Waals surface area contributed by atoms with E-state index in [1.807, 2.05) is 4.90 Å². The van der Waals surface area contributed by atoms with Crippen LogP contribution >= 0.6 is 0 Å². The molecule has 4 unspecified atom stereocenters. The van der Waals surface area contributed by atoms with E-state index in [1.54, 1.807) is 19.1 Å². The van der Waals surface area contributed by atoms with Crippen molar-refractivity contribution in [1.29, 1.82) is 0 Å². The van der Waals surface area contributed by atoms with Crippen molar-refractivity contribution in [3.05, 3.63) is 57.6 Å². The molecule has 3 N–H and O–H groups in total. The summed E-state index contributed by atoms with van der Waals surface area (Å²) in [6.07, 6.45) is -3.39. The van der Waals surface area contributed by atoms with Crippen LogP contribution in [0.25, 0.3) is 0 Å². The van der Waals surface area contributed by atoms with E-state index in [-0.39, 0.29) is 46.7 Å². The van der Waals surface area contributed by atoms with Crippen LogP contribution in [0, 0.1) is 0 Å². The molecule has 4 aliphatic rings. The summed E-state index contributed by atoms with van der Waals surface area (Å²) in [5.41, 5.74) is -2.76. The number of fused-ring (bicyclic) bond motifs is 3. The number of aromatic hydroxyl groups is 2. The molecule has 2 aromatic carbocycles. The van der Waals surface area contributed by atoms with E-state index in [4.69, 9.17) is 13.7 Å². The maximum atomic E-state index is 13.5. The van der Waals surface area contributed by atoms with E-state index in [1.165, 1.54) is 19.1 Å². The predicted octanol–water partition coefficient (Wildman–Crippen LogP) is 1.36. The lowest BCUT2D eigenvalue weighted by Crippen LogP contribution is -2.53. The van der Waals surface area contributed by atoms with Crippen LogP contribution in [-0.4, -0.2) is 95.5 Å². The van der Waals surface area contributed by atoms with Crippen molar-refractivity contribution in [2.75, 3.05) is 19.3 Å². The van der Waals surface area contributed by atoms with Gasteiger partial charge in [-0.1, -0.05) is 24.3 Å². The number of phenolic OH excluding ortho intramolecular Hbond substituents is 2. The van der Waals surface area contributed by atoms with E-state index in [9.17, 15) is 38.1 Å². The molecular weight excluding hydrogens is 570 g/mol. The zero-order valence-corrected chi connectivity index (χ0v) is 24.0. The van der Waals surface area contributed by atoms with Gasteiger partial charge in [-0.15, -0.1) is 0 Å². The van der Waals surface area contributed by atoms with Crippen molar-refractivity contribution >= 4 is 27.5 Å². The van der Waals surface area contributed by atoms with Crippen LogP contribution in [-0.2, 0) is 35.0 Å². The van der Waals surface area contributed by atoms with Crippen LogP contribution in [0.2, 0.25) is 0 Å². The number of aliphatic hydroxyl groups is 1. The molecule has 2 aromatic rings. The van der Waals surface area contributed by atoms with Gasteiger partial charge in [-0.25, -0.2) is 0 Å². The smallest absolute Gasteiger partial charge is 0.264 e. The average Bonchev–Trinajstić information content (AvgIpc) is 3.75. The zero-order chi connectivity index (χ0) is 30.3. The maximum Gasteiger partial charge on any atom is 0.264 e. The first kappa shape index (κ1) is 28.9.